The molecular weight excluding hydrogens is 300 g/mol. The highest BCUT2D eigenvalue weighted by molar-refractivity contribution is 6.18. The summed E-state index contributed by atoms with van der Waals surface area (Å²) in [6.45, 7) is -0.770. The lowest BCUT2D eigenvalue weighted by Gasteiger charge is -2.26. The van der Waals surface area contributed by atoms with Crippen LogP contribution < -0.4 is 11.4 Å². The summed E-state index contributed by atoms with van der Waals surface area (Å²) in [5.74, 6) is -2.09. The number of rotatable bonds is 3. The first-order valence-corrected chi connectivity index (χ1v) is 6.10. The van der Waals surface area contributed by atoms with Gasteiger partial charge in [0.2, 0.25) is 0 Å². The van der Waals surface area contributed by atoms with Crippen LogP contribution in [0.4, 0.5) is 14.6 Å². The normalized spacial score (nSPS) is 33.5. The van der Waals surface area contributed by atoms with Gasteiger partial charge < -0.3 is 20.7 Å². The Bertz CT molecular complexity index is 566. The minimum absolute atomic E-state index is 0.415. The molecule has 0 spiro atoms. The molecule has 112 valence electrons. The highest BCUT2D eigenvalue weighted by Gasteiger charge is 2.55. The first kappa shape index (κ1) is 15.1. The van der Waals surface area contributed by atoms with E-state index in [9.17, 15) is 23.8 Å². The van der Waals surface area contributed by atoms with Crippen LogP contribution in [0, 0.1) is 5.82 Å². The quantitative estimate of drug-likeness (QED) is 0.628. The average molecular weight is 312 g/mol. The molecule has 4 atom stereocenters. The van der Waals surface area contributed by atoms with E-state index in [1.165, 1.54) is 0 Å². The first-order chi connectivity index (χ1) is 9.36. The number of alkyl halides is 2. The van der Waals surface area contributed by atoms with Gasteiger partial charge in [0.15, 0.2) is 24.0 Å². The van der Waals surface area contributed by atoms with E-state index >= 15 is 0 Å². The van der Waals surface area contributed by atoms with Crippen molar-refractivity contribution >= 4 is 17.4 Å². The first-order valence-electron chi connectivity index (χ1n) is 5.57. The van der Waals surface area contributed by atoms with Crippen LogP contribution in [0.5, 0.6) is 0 Å². The van der Waals surface area contributed by atoms with Crippen LogP contribution in [0.2, 0.25) is 0 Å². The van der Waals surface area contributed by atoms with Gasteiger partial charge in [0.1, 0.15) is 11.7 Å². The highest BCUT2D eigenvalue weighted by atomic mass is 35.5. The molecule has 0 saturated carbocycles. The second-order valence-electron chi connectivity index (χ2n) is 4.42. The summed E-state index contributed by atoms with van der Waals surface area (Å²) in [5, 5.41) is 19.0. The van der Waals surface area contributed by atoms with E-state index in [-0.39, 0.29) is 0 Å². The molecule has 10 heteroatoms. The SMILES string of the molecule is Nc1nc(=O)n([C@@H]2O[C@@](CO)(CCl)C(O)[C@@H]2F)cc1F. The maximum Gasteiger partial charge on any atom is 0.351 e. The Kier molecular flexibility index (Phi) is 3.96. The molecule has 0 aromatic carbocycles. The van der Waals surface area contributed by atoms with Crippen LogP contribution in [0.3, 0.4) is 0 Å². The Hall–Kier alpha value is -1.29. The van der Waals surface area contributed by atoms with Gasteiger partial charge in [-0.2, -0.15) is 4.98 Å². The topological polar surface area (TPSA) is 111 Å². The van der Waals surface area contributed by atoms with Crippen LogP contribution in [-0.2, 0) is 4.74 Å². The summed E-state index contributed by atoms with van der Waals surface area (Å²) in [7, 11) is 0. The van der Waals surface area contributed by atoms with Crippen molar-refractivity contribution in [1.29, 1.82) is 0 Å². The lowest BCUT2D eigenvalue weighted by atomic mass is 9.99. The van der Waals surface area contributed by atoms with Crippen LogP contribution in [0.25, 0.3) is 0 Å². The molecule has 4 N–H and O–H groups in total. The van der Waals surface area contributed by atoms with Crippen LogP contribution in [0.1, 0.15) is 6.23 Å². The van der Waals surface area contributed by atoms with Gasteiger partial charge in [-0.1, -0.05) is 0 Å². The minimum Gasteiger partial charge on any atom is -0.393 e. The van der Waals surface area contributed by atoms with E-state index in [1.54, 1.807) is 0 Å². The Morgan fingerprint density at radius 1 is 1.65 bits per heavy atom. The molecule has 0 radical (unpaired) electrons. The van der Waals surface area contributed by atoms with E-state index in [1.807, 2.05) is 0 Å². The van der Waals surface area contributed by atoms with Gasteiger partial charge in [-0.25, -0.2) is 13.6 Å². The monoisotopic (exact) mass is 311 g/mol. The van der Waals surface area contributed by atoms with Crippen molar-refractivity contribution in [1.82, 2.24) is 9.55 Å². The summed E-state index contributed by atoms with van der Waals surface area (Å²) >= 11 is 5.57. The largest absolute Gasteiger partial charge is 0.393 e. The van der Waals surface area contributed by atoms with Crippen molar-refractivity contribution < 1.29 is 23.7 Å². The zero-order valence-corrected chi connectivity index (χ0v) is 10.8. The second kappa shape index (κ2) is 5.24. The van der Waals surface area contributed by atoms with Crippen molar-refractivity contribution in [2.75, 3.05) is 18.2 Å². The predicted octanol–water partition coefficient (Wildman–Crippen LogP) is -0.838. The van der Waals surface area contributed by atoms with Gasteiger partial charge in [-0.15, -0.1) is 11.6 Å². The molecule has 7 nitrogen and oxygen atoms in total. The molecular formula is C10H12ClF2N3O4. The number of nitrogens with zero attached hydrogens (tertiary/aromatic N) is 2. The lowest BCUT2D eigenvalue weighted by Crippen LogP contribution is -2.47. The van der Waals surface area contributed by atoms with E-state index in [4.69, 9.17) is 22.1 Å². The van der Waals surface area contributed by atoms with E-state index < -0.39 is 53.9 Å². The van der Waals surface area contributed by atoms with E-state index in [0.29, 0.717) is 10.8 Å². The molecule has 1 saturated heterocycles. The smallest absolute Gasteiger partial charge is 0.351 e. The molecule has 0 aliphatic carbocycles. The van der Waals surface area contributed by atoms with Crippen molar-refractivity contribution in [2.45, 2.75) is 24.1 Å². The average Bonchev–Trinajstić information content (AvgIpc) is 2.68. The van der Waals surface area contributed by atoms with Gasteiger partial charge in [0, 0.05) is 0 Å². The molecule has 2 heterocycles. The molecule has 1 aromatic rings. The number of aliphatic hydroxyl groups excluding tert-OH is 2. The third-order valence-electron chi connectivity index (χ3n) is 3.17. The molecule has 0 amide bonds. The summed E-state index contributed by atoms with van der Waals surface area (Å²) in [6, 6.07) is 0. The number of aliphatic hydroxyl groups is 2. The fourth-order valence-electron chi connectivity index (χ4n) is 1.96. The maximum absolute atomic E-state index is 14.1. The summed E-state index contributed by atoms with van der Waals surface area (Å²) in [5.41, 5.74) is 2.29. The molecule has 20 heavy (non-hydrogen) atoms. The Morgan fingerprint density at radius 2 is 2.30 bits per heavy atom. The maximum atomic E-state index is 14.1. The second-order valence-corrected chi connectivity index (χ2v) is 4.69. The fraction of sp³-hybridized carbons (Fsp3) is 0.600. The number of aromatic nitrogens is 2. The number of nitrogen functional groups attached to an aromatic ring is 1. The molecule has 1 aromatic heterocycles. The third-order valence-corrected chi connectivity index (χ3v) is 3.62. The van der Waals surface area contributed by atoms with Gasteiger partial charge in [-0.05, 0) is 0 Å². The fourth-order valence-corrected chi connectivity index (χ4v) is 2.26. The number of ether oxygens (including phenoxy) is 1. The van der Waals surface area contributed by atoms with Gasteiger partial charge in [0.25, 0.3) is 0 Å². The summed E-state index contributed by atoms with van der Waals surface area (Å²) in [4.78, 5) is 14.8. The summed E-state index contributed by atoms with van der Waals surface area (Å²) in [6.07, 6.45) is -4.91. The highest BCUT2D eigenvalue weighted by Crippen LogP contribution is 2.39. The zero-order valence-electron chi connectivity index (χ0n) is 10.0. The third kappa shape index (κ3) is 2.16. The standard InChI is InChI=1S/C10H12ClF2N3O4/c11-2-10(3-17)6(18)5(13)8(20-10)16-1-4(12)7(14)15-9(16)19/h1,5-6,8,17-18H,2-3H2,(H2,14,15,19)/t5-,6?,8+,10+/m0/s1. The number of hydrogen-bond donors (Lipinski definition) is 3. The number of anilines is 1. The molecule has 1 fully saturated rings. The molecule has 1 aliphatic rings. The molecule has 1 aliphatic heterocycles. The lowest BCUT2D eigenvalue weighted by molar-refractivity contribution is -0.115. The molecule has 0 bridgehead atoms. The Morgan fingerprint density at radius 3 is 2.80 bits per heavy atom. The van der Waals surface area contributed by atoms with Crippen LogP contribution in [0.15, 0.2) is 11.0 Å². The van der Waals surface area contributed by atoms with Crippen LogP contribution in [-0.4, -0.2) is 50.1 Å². The van der Waals surface area contributed by atoms with Crippen molar-refractivity contribution in [3.63, 3.8) is 0 Å². The van der Waals surface area contributed by atoms with Gasteiger partial charge >= 0.3 is 5.69 Å². The van der Waals surface area contributed by atoms with Crippen molar-refractivity contribution in [3.8, 4) is 0 Å². The Labute approximate surface area is 116 Å². The predicted molar refractivity (Wildman–Crippen MR) is 64.4 cm³/mol. The number of hydrogen-bond acceptors (Lipinski definition) is 6. The van der Waals surface area contributed by atoms with Crippen molar-refractivity contribution in [3.05, 3.63) is 22.5 Å². The van der Waals surface area contributed by atoms with E-state index in [2.05, 4.69) is 4.98 Å². The van der Waals surface area contributed by atoms with E-state index in [0.717, 1.165) is 0 Å². The number of halogens is 3. The van der Waals surface area contributed by atoms with Gasteiger partial charge in [0.05, 0.1) is 18.7 Å². The minimum atomic E-state index is -2.09. The van der Waals surface area contributed by atoms with Crippen molar-refractivity contribution in [2.24, 2.45) is 0 Å². The number of nitrogens with two attached hydrogens (primary N) is 1. The van der Waals surface area contributed by atoms with Gasteiger partial charge in [-0.3, -0.25) is 4.57 Å². The molecule has 1 unspecified atom stereocenters. The Balaban J connectivity index is 2.45. The molecule has 2 rings (SSSR count). The summed E-state index contributed by atoms with van der Waals surface area (Å²) < 4.78 is 33.1. The zero-order chi connectivity index (χ0) is 15.1. The van der Waals surface area contributed by atoms with Crippen LogP contribution >= 0.6 is 11.6 Å².